The third-order valence-electron chi connectivity index (χ3n) is 3.30. The van der Waals surface area contributed by atoms with E-state index in [0.29, 0.717) is 6.04 Å². The lowest BCUT2D eigenvalue weighted by Crippen LogP contribution is -2.21. The van der Waals surface area contributed by atoms with Crippen molar-refractivity contribution in [1.82, 2.24) is 15.1 Å². The van der Waals surface area contributed by atoms with Crippen molar-refractivity contribution in [3.63, 3.8) is 0 Å². The summed E-state index contributed by atoms with van der Waals surface area (Å²) >= 11 is 3.52. The summed E-state index contributed by atoms with van der Waals surface area (Å²) in [7, 11) is 3.61. The van der Waals surface area contributed by atoms with Gasteiger partial charge in [0.2, 0.25) is 0 Å². The Kier molecular flexibility index (Phi) is 5.20. The molecule has 2 aromatic rings. The Bertz CT molecular complexity index is 568. The maximum absolute atomic E-state index is 5.24. The Morgan fingerprint density at radius 3 is 2.85 bits per heavy atom. The van der Waals surface area contributed by atoms with Gasteiger partial charge in [-0.05, 0) is 59.1 Å². The smallest absolute Gasteiger partial charge is 0.133 e. The number of aryl methyl sites for hydroxylation is 1. The quantitative estimate of drug-likeness (QED) is 0.880. The summed E-state index contributed by atoms with van der Waals surface area (Å²) in [6.45, 7) is 3.09. The molecule has 0 aliphatic heterocycles. The minimum absolute atomic E-state index is 0.300. The fraction of sp³-hybridized carbons (Fsp3) is 0.400. The van der Waals surface area contributed by atoms with Crippen molar-refractivity contribution in [3.8, 4) is 5.75 Å². The van der Waals surface area contributed by atoms with E-state index in [9.17, 15) is 0 Å². The SMILES string of the molecule is COc1ccc(C(C)NCCc2cnn(C)c2)cc1Br. The van der Waals surface area contributed by atoms with Crippen LogP contribution in [0.5, 0.6) is 5.75 Å². The van der Waals surface area contributed by atoms with Crippen molar-refractivity contribution in [2.45, 2.75) is 19.4 Å². The van der Waals surface area contributed by atoms with Crippen molar-refractivity contribution < 1.29 is 4.74 Å². The van der Waals surface area contributed by atoms with Crippen molar-refractivity contribution in [1.29, 1.82) is 0 Å². The van der Waals surface area contributed by atoms with E-state index in [4.69, 9.17) is 4.74 Å². The molecule has 1 aromatic heterocycles. The highest BCUT2D eigenvalue weighted by molar-refractivity contribution is 9.10. The lowest BCUT2D eigenvalue weighted by Gasteiger charge is -2.15. The second kappa shape index (κ2) is 6.90. The van der Waals surface area contributed by atoms with Gasteiger partial charge in [-0.2, -0.15) is 5.10 Å². The molecular weight excluding hydrogens is 318 g/mol. The summed E-state index contributed by atoms with van der Waals surface area (Å²) in [5.41, 5.74) is 2.49. The fourth-order valence-corrected chi connectivity index (χ4v) is 2.66. The number of halogens is 1. The van der Waals surface area contributed by atoms with Crippen LogP contribution in [0, 0.1) is 0 Å². The second-order valence-corrected chi connectivity index (χ2v) is 5.70. The molecule has 5 heteroatoms. The van der Waals surface area contributed by atoms with E-state index in [-0.39, 0.29) is 0 Å². The number of nitrogens with zero attached hydrogens (tertiary/aromatic N) is 2. The number of hydrogen-bond donors (Lipinski definition) is 1. The minimum Gasteiger partial charge on any atom is -0.496 e. The van der Waals surface area contributed by atoms with Gasteiger partial charge in [0.1, 0.15) is 5.75 Å². The molecule has 4 nitrogen and oxygen atoms in total. The van der Waals surface area contributed by atoms with Crippen molar-refractivity contribution in [3.05, 3.63) is 46.2 Å². The maximum Gasteiger partial charge on any atom is 0.133 e. The molecule has 20 heavy (non-hydrogen) atoms. The van der Waals surface area contributed by atoms with Crippen LogP contribution in [0.2, 0.25) is 0 Å². The Hall–Kier alpha value is -1.33. The minimum atomic E-state index is 0.300. The van der Waals surface area contributed by atoms with E-state index in [1.807, 2.05) is 24.0 Å². The molecule has 1 unspecified atom stereocenters. The van der Waals surface area contributed by atoms with Crippen LogP contribution < -0.4 is 10.1 Å². The monoisotopic (exact) mass is 337 g/mol. The van der Waals surface area contributed by atoms with E-state index >= 15 is 0 Å². The highest BCUT2D eigenvalue weighted by Crippen LogP contribution is 2.27. The number of nitrogens with one attached hydrogen (secondary N) is 1. The first kappa shape index (κ1) is 15.1. The summed E-state index contributed by atoms with van der Waals surface area (Å²) in [6.07, 6.45) is 4.95. The standard InChI is InChI=1S/C15H20BrN3O/c1-11(13-4-5-15(20-3)14(16)8-13)17-7-6-12-9-18-19(2)10-12/h4-5,8-11,17H,6-7H2,1-3H3. The molecule has 0 fully saturated rings. The van der Waals surface area contributed by atoms with Gasteiger partial charge < -0.3 is 10.1 Å². The first-order valence-corrected chi connectivity index (χ1v) is 7.44. The van der Waals surface area contributed by atoms with E-state index < -0.39 is 0 Å². The van der Waals surface area contributed by atoms with Gasteiger partial charge in [0.15, 0.2) is 0 Å². The van der Waals surface area contributed by atoms with Gasteiger partial charge in [-0.15, -0.1) is 0 Å². The normalized spacial score (nSPS) is 12.4. The molecule has 0 saturated carbocycles. The highest BCUT2D eigenvalue weighted by atomic mass is 79.9. The zero-order valence-corrected chi connectivity index (χ0v) is 13.6. The lowest BCUT2D eigenvalue weighted by atomic mass is 10.1. The topological polar surface area (TPSA) is 39.1 Å². The summed E-state index contributed by atoms with van der Waals surface area (Å²) in [6, 6.07) is 6.47. The summed E-state index contributed by atoms with van der Waals surface area (Å²) in [4.78, 5) is 0. The summed E-state index contributed by atoms with van der Waals surface area (Å²) in [5, 5.41) is 7.69. The van der Waals surface area contributed by atoms with Gasteiger partial charge in [0, 0.05) is 19.3 Å². The molecule has 1 atom stereocenters. The molecule has 0 bridgehead atoms. The van der Waals surface area contributed by atoms with E-state index in [1.165, 1.54) is 11.1 Å². The van der Waals surface area contributed by atoms with Crippen molar-refractivity contribution in [2.24, 2.45) is 7.05 Å². The van der Waals surface area contributed by atoms with Crippen molar-refractivity contribution in [2.75, 3.05) is 13.7 Å². The van der Waals surface area contributed by atoms with E-state index in [1.54, 1.807) is 7.11 Å². The van der Waals surface area contributed by atoms with Crippen LogP contribution in [-0.4, -0.2) is 23.4 Å². The van der Waals surface area contributed by atoms with E-state index in [0.717, 1.165) is 23.2 Å². The maximum atomic E-state index is 5.24. The fourth-order valence-electron chi connectivity index (χ4n) is 2.10. The third-order valence-corrected chi connectivity index (χ3v) is 3.92. The number of rotatable bonds is 6. The van der Waals surface area contributed by atoms with Gasteiger partial charge in [-0.25, -0.2) is 0 Å². The third kappa shape index (κ3) is 3.84. The molecule has 2 rings (SSSR count). The Labute approximate surface area is 128 Å². The van der Waals surface area contributed by atoms with Gasteiger partial charge in [-0.3, -0.25) is 4.68 Å². The number of benzene rings is 1. The zero-order chi connectivity index (χ0) is 14.5. The number of hydrogen-bond acceptors (Lipinski definition) is 3. The number of methoxy groups -OCH3 is 1. The predicted molar refractivity (Wildman–Crippen MR) is 84.0 cm³/mol. The number of aromatic nitrogens is 2. The van der Waals surface area contributed by atoms with Gasteiger partial charge in [-0.1, -0.05) is 6.07 Å². The Morgan fingerprint density at radius 2 is 2.25 bits per heavy atom. The molecule has 0 aliphatic carbocycles. The largest absolute Gasteiger partial charge is 0.496 e. The average molecular weight is 338 g/mol. The van der Waals surface area contributed by atoms with Crippen LogP contribution >= 0.6 is 15.9 Å². The molecule has 0 aliphatic rings. The van der Waals surface area contributed by atoms with Crippen LogP contribution in [-0.2, 0) is 13.5 Å². The molecule has 0 spiro atoms. The molecule has 0 radical (unpaired) electrons. The van der Waals surface area contributed by atoms with Crippen LogP contribution in [0.1, 0.15) is 24.1 Å². The van der Waals surface area contributed by atoms with Crippen LogP contribution in [0.3, 0.4) is 0 Å². The van der Waals surface area contributed by atoms with Crippen molar-refractivity contribution >= 4 is 15.9 Å². The van der Waals surface area contributed by atoms with Crippen LogP contribution in [0.25, 0.3) is 0 Å². The zero-order valence-electron chi connectivity index (χ0n) is 12.1. The molecule has 0 amide bonds. The lowest BCUT2D eigenvalue weighted by molar-refractivity contribution is 0.411. The molecule has 1 aromatic carbocycles. The number of ether oxygens (including phenoxy) is 1. The predicted octanol–water partition coefficient (Wildman–Crippen LogP) is 3.08. The first-order chi connectivity index (χ1) is 9.60. The summed E-state index contributed by atoms with van der Waals surface area (Å²) < 4.78 is 8.06. The molecular formula is C15H20BrN3O. The Balaban J connectivity index is 1.88. The Morgan fingerprint density at radius 1 is 1.45 bits per heavy atom. The molecule has 108 valence electrons. The van der Waals surface area contributed by atoms with Gasteiger partial charge in [0.25, 0.3) is 0 Å². The second-order valence-electron chi connectivity index (χ2n) is 4.84. The van der Waals surface area contributed by atoms with Gasteiger partial charge in [0.05, 0.1) is 17.8 Å². The van der Waals surface area contributed by atoms with Gasteiger partial charge >= 0.3 is 0 Å². The summed E-state index contributed by atoms with van der Waals surface area (Å²) in [5.74, 6) is 0.858. The average Bonchev–Trinajstić information content (AvgIpc) is 2.84. The van der Waals surface area contributed by atoms with Crippen LogP contribution in [0.15, 0.2) is 35.1 Å². The van der Waals surface area contributed by atoms with E-state index in [2.05, 4.69) is 51.6 Å². The van der Waals surface area contributed by atoms with Crippen LogP contribution in [0.4, 0.5) is 0 Å². The molecule has 0 saturated heterocycles. The first-order valence-electron chi connectivity index (χ1n) is 6.64. The molecule has 1 N–H and O–H groups in total. The molecule has 1 heterocycles. The highest BCUT2D eigenvalue weighted by Gasteiger charge is 2.08.